The number of hydrogen-bond acceptors (Lipinski definition) is 7. The van der Waals surface area contributed by atoms with Gasteiger partial charge in [0.25, 0.3) is 0 Å². The lowest BCUT2D eigenvalue weighted by Gasteiger charge is -2.36. The fourth-order valence-corrected chi connectivity index (χ4v) is 5.26. The summed E-state index contributed by atoms with van der Waals surface area (Å²) >= 11 is 1.46. The molecule has 0 bridgehead atoms. The van der Waals surface area contributed by atoms with Crippen molar-refractivity contribution in [2.24, 2.45) is 4.99 Å². The second-order valence-electron chi connectivity index (χ2n) is 8.25. The van der Waals surface area contributed by atoms with Crippen molar-refractivity contribution < 1.29 is 19.1 Å². The number of fused-ring (bicyclic) bond motifs is 1. The number of amides is 1. The van der Waals surface area contributed by atoms with Crippen molar-refractivity contribution in [1.29, 1.82) is 0 Å². The van der Waals surface area contributed by atoms with Crippen LogP contribution in [0, 0.1) is 0 Å². The van der Waals surface area contributed by atoms with Crippen LogP contribution >= 0.6 is 11.8 Å². The largest absolute Gasteiger partial charge is 0.497 e. The van der Waals surface area contributed by atoms with Crippen LogP contribution in [-0.2, 0) is 14.3 Å². The standard InChI is InChI=1S/C27H29N3O4S/c1-5-22-24(26(32)34-4)25(19-12-9-13-21(14-19)33-3)30-20(16-35-27(30)29-22)15-23(31)28-17(2)18-10-7-6-8-11-18/h6-14,16-17,25H,5,15H2,1-4H3,(H,28,31)/t17-,25-/m0/s1. The third-order valence-electron chi connectivity index (χ3n) is 6.06. The van der Waals surface area contributed by atoms with Gasteiger partial charge in [0.15, 0.2) is 5.17 Å². The molecule has 0 aliphatic carbocycles. The first kappa shape index (κ1) is 24.6. The van der Waals surface area contributed by atoms with E-state index in [1.165, 1.54) is 18.9 Å². The number of nitrogens with zero attached hydrogens (tertiary/aromatic N) is 2. The molecule has 2 atom stereocenters. The molecule has 0 spiro atoms. The van der Waals surface area contributed by atoms with Gasteiger partial charge in [-0.25, -0.2) is 9.79 Å². The van der Waals surface area contributed by atoms with Crippen molar-refractivity contribution in [1.82, 2.24) is 10.2 Å². The molecule has 182 valence electrons. The number of aliphatic imine (C=N–C) groups is 1. The Hall–Kier alpha value is -3.52. The second-order valence-corrected chi connectivity index (χ2v) is 9.09. The van der Waals surface area contributed by atoms with E-state index in [1.807, 2.05) is 78.8 Å². The van der Waals surface area contributed by atoms with Gasteiger partial charge < -0.3 is 19.7 Å². The van der Waals surface area contributed by atoms with E-state index in [2.05, 4.69) is 5.32 Å². The van der Waals surface area contributed by atoms with Crippen LogP contribution in [0.2, 0.25) is 0 Å². The maximum atomic E-state index is 13.0. The molecule has 2 aromatic rings. The fourth-order valence-electron chi connectivity index (χ4n) is 4.32. The van der Waals surface area contributed by atoms with Crippen LogP contribution in [0.1, 0.15) is 49.9 Å². The Kier molecular flexibility index (Phi) is 7.60. The summed E-state index contributed by atoms with van der Waals surface area (Å²) in [5.41, 5.74) is 3.82. The number of hydrogen-bond donors (Lipinski definition) is 1. The molecule has 0 saturated carbocycles. The number of carbonyl (C=O) groups is 2. The minimum absolute atomic E-state index is 0.108. The highest BCUT2D eigenvalue weighted by Gasteiger charge is 2.41. The number of thioether (sulfide) groups is 1. The summed E-state index contributed by atoms with van der Waals surface area (Å²) in [4.78, 5) is 32.8. The molecule has 0 fully saturated rings. The minimum Gasteiger partial charge on any atom is -0.497 e. The van der Waals surface area contributed by atoms with Gasteiger partial charge >= 0.3 is 5.97 Å². The summed E-state index contributed by atoms with van der Waals surface area (Å²) < 4.78 is 10.6. The molecule has 4 rings (SSSR count). The average molecular weight is 492 g/mol. The highest BCUT2D eigenvalue weighted by molar-refractivity contribution is 8.16. The number of benzene rings is 2. The van der Waals surface area contributed by atoms with Crippen molar-refractivity contribution >= 4 is 28.8 Å². The Morgan fingerprint density at radius 1 is 1.14 bits per heavy atom. The first-order valence-corrected chi connectivity index (χ1v) is 12.4. The lowest BCUT2D eigenvalue weighted by atomic mass is 9.92. The monoisotopic (exact) mass is 491 g/mol. The predicted octanol–water partition coefficient (Wildman–Crippen LogP) is 5.10. The Balaban J connectivity index is 1.66. The third kappa shape index (κ3) is 5.12. The lowest BCUT2D eigenvalue weighted by Crippen LogP contribution is -2.38. The maximum absolute atomic E-state index is 13.0. The summed E-state index contributed by atoms with van der Waals surface area (Å²) in [5.74, 6) is 0.139. The number of carbonyl (C=O) groups excluding carboxylic acids is 2. The summed E-state index contributed by atoms with van der Waals surface area (Å²) in [6.45, 7) is 3.93. The molecule has 1 amide bonds. The van der Waals surface area contributed by atoms with E-state index in [4.69, 9.17) is 14.5 Å². The van der Waals surface area contributed by atoms with E-state index in [1.54, 1.807) is 7.11 Å². The van der Waals surface area contributed by atoms with Crippen LogP contribution in [0.3, 0.4) is 0 Å². The van der Waals surface area contributed by atoms with E-state index in [0.717, 1.165) is 22.0 Å². The predicted molar refractivity (Wildman–Crippen MR) is 138 cm³/mol. The summed E-state index contributed by atoms with van der Waals surface area (Å²) in [7, 11) is 2.98. The zero-order chi connectivity index (χ0) is 24.9. The molecule has 0 unspecified atom stereocenters. The van der Waals surface area contributed by atoms with Crippen LogP contribution in [0.5, 0.6) is 5.75 Å². The van der Waals surface area contributed by atoms with Crippen LogP contribution < -0.4 is 10.1 Å². The molecule has 7 nitrogen and oxygen atoms in total. The smallest absolute Gasteiger partial charge is 0.338 e. The number of rotatable bonds is 8. The summed E-state index contributed by atoms with van der Waals surface area (Å²) in [5, 5.41) is 5.75. The van der Waals surface area contributed by atoms with E-state index >= 15 is 0 Å². The van der Waals surface area contributed by atoms with Gasteiger partial charge in [-0.3, -0.25) is 4.79 Å². The van der Waals surface area contributed by atoms with Gasteiger partial charge in [0, 0.05) is 5.70 Å². The van der Waals surface area contributed by atoms with E-state index in [9.17, 15) is 9.59 Å². The van der Waals surface area contributed by atoms with E-state index in [0.29, 0.717) is 23.4 Å². The molecule has 0 saturated heterocycles. The first-order chi connectivity index (χ1) is 17.0. The third-order valence-corrected chi connectivity index (χ3v) is 6.95. The molecule has 8 heteroatoms. The molecule has 2 aliphatic rings. The van der Waals surface area contributed by atoms with E-state index < -0.39 is 12.0 Å². The molecular formula is C27H29N3O4S. The quantitative estimate of drug-likeness (QED) is 0.518. The van der Waals surface area contributed by atoms with Gasteiger partial charge in [0.05, 0.1) is 44.0 Å². The molecule has 2 heterocycles. The number of esters is 1. The van der Waals surface area contributed by atoms with Crippen molar-refractivity contribution in [3.8, 4) is 5.75 Å². The van der Waals surface area contributed by atoms with Crippen molar-refractivity contribution in [2.45, 2.75) is 38.8 Å². The zero-order valence-electron chi connectivity index (χ0n) is 20.3. The van der Waals surface area contributed by atoms with Gasteiger partial charge in [-0.15, -0.1) is 0 Å². The summed E-state index contributed by atoms with van der Waals surface area (Å²) in [6, 6.07) is 16.8. The molecule has 2 aromatic carbocycles. The van der Waals surface area contributed by atoms with Crippen molar-refractivity contribution in [3.63, 3.8) is 0 Å². The topological polar surface area (TPSA) is 80.2 Å². The van der Waals surface area contributed by atoms with Crippen molar-refractivity contribution in [2.75, 3.05) is 14.2 Å². The highest BCUT2D eigenvalue weighted by Crippen LogP contribution is 2.45. The Labute approximate surface area is 209 Å². The highest BCUT2D eigenvalue weighted by atomic mass is 32.2. The number of ether oxygens (including phenoxy) is 2. The van der Waals surface area contributed by atoms with Gasteiger partial charge in [0.1, 0.15) is 5.75 Å². The maximum Gasteiger partial charge on any atom is 0.338 e. The van der Waals surface area contributed by atoms with E-state index in [-0.39, 0.29) is 18.4 Å². The van der Waals surface area contributed by atoms with Crippen LogP contribution in [-0.4, -0.2) is 36.2 Å². The Bertz CT molecular complexity index is 1210. The molecule has 0 aromatic heterocycles. The molecule has 35 heavy (non-hydrogen) atoms. The Morgan fingerprint density at radius 3 is 2.60 bits per heavy atom. The van der Waals surface area contributed by atoms with Gasteiger partial charge in [-0.05, 0) is 42.0 Å². The first-order valence-electron chi connectivity index (χ1n) is 11.5. The number of amidine groups is 1. The average Bonchev–Trinajstić information content (AvgIpc) is 3.29. The number of allylic oxidation sites excluding steroid dienone is 1. The minimum atomic E-state index is -0.486. The van der Waals surface area contributed by atoms with Gasteiger partial charge in [-0.2, -0.15) is 0 Å². The molecule has 0 radical (unpaired) electrons. The summed E-state index contributed by atoms with van der Waals surface area (Å²) in [6.07, 6.45) is 0.729. The van der Waals surface area contributed by atoms with Gasteiger partial charge in [0.2, 0.25) is 5.91 Å². The van der Waals surface area contributed by atoms with Crippen LogP contribution in [0.25, 0.3) is 0 Å². The SMILES string of the molecule is CCC1=C(C(=O)OC)[C@H](c2cccc(OC)c2)N2C(CC(=O)N[C@@H](C)c3ccccc3)=CSC2=N1. The Morgan fingerprint density at radius 2 is 1.91 bits per heavy atom. The van der Waals surface area contributed by atoms with Gasteiger partial charge in [-0.1, -0.05) is 61.2 Å². The van der Waals surface area contributed by atoms with Crippen LogP contribution in [0.4, 0.5) is 0 Å². The lowest BCUT2D eigenvalue weighted by molar-refractivity contribution is -0.136. The number of methoxy groups -OCH3 is 2. The fraction of sp³-hybridized carbons (Fsp3) is 0.296. The molecule has 1 N–H and O–H groups in total. The second kappa shape index (κ2) is 10.8. The molecular weight excluding hydrogens is 462 g/mol. The van der Waals surface area contributed by atoms with Crippen LogP contribution in [0.15, 0.2) is 82.0 Å². The molecule has 2 aliphatic heterocycles. The number of nitrogens with one attached hydrogen (secondary N) is 1. The zero-order valence-corrected chi connectivity index (χ0v) is 21.1. The normalized spacial score (nSPS) is 17.8. The van der Waals surface area contributed by atoms with Crippen molar-refractivity contribution in [3.05, 3.63) is 88.1 Å².